The average molecular weight is 197 g/mol. The van der Waals surface area contributed by atoms with E-state index in [2.05, 4.69) is 12.2 Å². The van der Waals surface area contributed by atoms with E-state index in [1.807, 2.05) is 7.05 Å². The summed E-state index contributed by atoms with van der Waals surface area (Å²) in [6.07, 6.45) is 8.94. The van der Waals surface area contributed by atoms with Gasteiger partial charge < -0.3 is 10.1 Å². The van der Waals surface area contributed by atoms with E-state index in [4.69, 9.17) is 4.74 Å². The van der Waals surface area contributed by atoms with E-state index in [-0.39, 0.29) is 0 Å². The molecular formula is C12H23NO. The molecule has 0 amide bonds. The van der Waals surface area contributed by atoms with Crippen LogP contribution in [-0.2, 0) is 4.74 Å². The maximum Gasteiger partial charge on any atom is 0.0608 e. The van der Waals surface area contributed by atoms with Gasteiger partial charge in [0.05, 0.1) is 12.2 Å². The molecule has 2 atom stereocenters. The summed E-state index contributed by atoms with van der Waals surface area (Å²) in [5.74, 6) is 0.883. The molecule has 2 aliphatic carbocycles. The van der Waals surface area contributed by atoms with Crippen LogP contribution >= 0.6 is 0 Å². The molecule has 1 N–H and O–H groups in total. The van der Waals surface area contributed by atoms with E-state index < -0.39 is 0 Å². The Bertz CT molecular complexity index is 177. The summed E-state index contributed by atoms with van der Waals surface area (Å²) in [7, 11) is 2.05. The van der Waals surface area contributed by atoms with Crippen molar-refractivity contribution in [2.75, 3.05) is 7.05 Å². The van der Waals surface area contributed by atoms with Crippen molar-refractivity contribution in [1.29, 1.82) is 0 Å². The zero-order valence-electron chi connectivity index (χ0n) is 9.46. The lowest BCUT2D eigenvalue weighted by Crippen LogP contribution is -2.45. The third-order valence-electron chi connectivity index (χ3n) is 3.78. The van der Waals surface area contributed by atoms with E-state index in [1.54, 1.807) is 0 Å². The normalized spacial score (nSPS) is 43.3. The maximum atomic E-state index is 6.09. The quantitative estimate of drug-likeness (QED) is 0.750. The Morgan fingerprint density at radius 1 is 1.07 bits per heavy atom. The second-order valence-electron chi connectivity index (χ2n) is 5.11. The number of ether oxygens (including phenoxy) is 1. The maximum absolute atomic E-state index is 6.09. The van der Waals surface area contributed by atoms with Crippen molar-refractivity contribution in [3.05, 3.63) is 0 Å². The number of rotatable bonds is 3. The molecule has 0 aliphatic heterocycles. The van der Waals surface area contributed by atoms with Crippen molar-refractivity contribution in [2.24, 2.45) is 5.92 Å². The summed E-state index contributed by atoms with van der Waals surface area (Å²) in [5.41, 5.74) is 0. The van der Waals surface area contributed by atoms with Gasteiger partial charge in [0.15, 0.2) is 0 Å². The van der Waals surface area contributed by atoms with Crippen molar-refractivity contribution < 1.29 is 4.74 Å². The highest BCUT2D eigenvalue weighted by Crippen LogP contribution is 2.31. The summed E-state index contributed by atoms with van der Waals surface area (Å²) in [5, 5.41) is 3.30. The van der Waals surface area contributed by atoms with Gasteiger partial charge in [-0.25, -0.2) is 0 Å². The van der Waals surface area contributed by atoms with Gasteiger partial charge in [-0.1, -0.05) is 19.8 Å². The molecule has 0 aromatic heterocycles. The molecule has 2 fully saturated rings. The van der Waals surface area contributed by atoms with Crippen LogP contribution in [0, 0.1) is 5.92 Å². The molecule has 2 heteroatoms. The molecule has 0 spiro atoms. The predicted octanol–water partition coefficient (Wildman–Crippen LogP) is 2.33. The molecule has 0 bridgehead atoms. The smallest absolute Gasteiger partial charge is 0.0608 e. The molecule has 0 aromatic rings. The van der Waals surface area contributed by atoms with Gasteiger partial charge in [0.1, 0.15) is 0 Å². The van der Waals surface area contributed by atoms with Crippen molar-refractivity contribution in [1.82, 2.24) is 5.32 Å². The van der Waals surface area contributed by atoms with Crippen LogP contribution in [0.2, 0.25) is 0 Å². The standard InChI is InChI=1S/C12H23NO/c1-9-4-3-5-11(6-9)14-12-7-10(8-12)13-2/h9-13H,3-8H2,1-2H3. The first-order valence-corrected chi connectivity index (χ1v) is 6.10. The molecule has 0 aromatic carbocycles. The number of nitrogens with one attached hydrogen (secondary N) is 1. The van der Waals surface area contributed by atoms with Crippen molar-refractivity contribution in [2.45, 2.75) is 63.7 Å². The van der Waals surface area contributed by atoms with Crippen LogP contribution in [0.25, 0.3) is 0 Å². The molecule has 0 radical (unpaired) electrons. The lowest BCUT2D eigenvalue weighted by molar-refractivity contribution is -0.0816. The second kappa shape index (κ2) is 4.63. The van der Waals surface area contributed by atoms with E-state index >= 15 is 0 Å². The fourth-order valence-electron chi connectivity index (χ4n) is 2.69. The Kier molecular flexibility index (Phi) is 3.45. The van der Waals surface area contributed by atoms with Gasteiger partial charge >= 0.3 is 0 Å². The first-order valence-electron chi connectivity index (χ1n) is 6.10. The van der Waals surface area contributed by atoms with Crippen LogP contribution in [0.15, 0.2) is 0 Å². The molecule has 2 saturated carbocycles. The minimum Gasteiger partial charge on any atom is -0.375 e. The highest BCUT2D eigenvalue weighted by molar-refractivity contribution is 4.86. The lowest BCUT2D eigenvalue weighted by atomic mass is 9.86. The predicted molar refractivity (Wildman–Crippen MR) is 58.4 cm³/mol. The molecule has 2 unspecified atom stereocenters. The zero-order valence-corrected chi connectivity index (χ0v) is 9.46. The van der Waals surface area contributed by atoms with Gasteiger partial charge in [0.25, 0.3) is 0 Å². The fourth-order valence-corrected chi connectivity index (χ4v) is 2.69. The first kappa shape index (κ1) is 10.4. The first-order chi connectivity index (χ1) is 6.78. The number of hydrogen-bond donors (Lipinski definition) is 1. The van der Waals surface area contributed by atoms with Gasteiger partial charge in [-0.3, -0.25) is 0 Å². The summed E-state index contributed by atoms with van der Waals surface area (Å²) < 4.78 is 6.09. The summed E-state index contributed by atoms with van der Waals surface area (Å²) in [6, 6.07) is 0.723. The molecular weight excluding hydrogens is 174 g/mol. The van der Waals surface area contributed by atoms with E-state index in [0.29, 0.717) is 12.2 Å². The van der Waals surface area contributed by atoms with Crippen LogP contribution in [0.4, 0.5) is 0 Å². The lowest BCUT2D eigenvalue weighted by Gasteiger charge is -2.39. The molecule has 14 heavy (non-hydrogen) atoms. The van der Waals surface area contributed by atoms with Crippen molar-refractivity contribution in [3.8, 4) is 0 Å². The highest BCUT2D eigenvalue weighted by Gasteiger charge is 2.31. The Morgan fingerprint density at radius 3 is 2.50 bits per heavy atom. The van der Waals surface area contributed by atoms with Crippen molar-refractivity contribution >= 4 is 0 Å². The van der Waals surface area contributed by atoms with E-state index in [0.717, 1.165) is 12.0 Å². The summed E-state index contributed by atoms with van der Waals surface area (Å²) in [4.78, 5) is 0. The fraction of sp³-hybridized carbons (Fsp3) is 1.00. The van der Waals surface area contributed by atoms with Gasteiger partial charge in [0.2, 0.25) is 0 Å². The van der Waals surface area contributed by atoms with E-state index in [9.17, 15) is 0 Å². The molecule has 0 heterocycles. The van der Waals surface area contributed by atoms with Crippen molar-refractivity contribution in [3.63, 3.8) is 0 Å². The second-order valence-corrected chi connectivity index (χ2v) is 5.11. The molecule has 2 aliphatic rings. The van der Waals surface area contributed by atoms with Gasteiger partial charge in [-0.15, -0.1) is 0 Å². The topological polar surface area (TPSA) is 21.3 Å². The largest absolute Gasteiger partial charge is 0.375 e. The SMILES string of the molecule is CNC1CC(OC2CCCC(C)C2)C1. The molecule has 0 saturated heterocycles. The van der Waals surface area contributed by atoms with Gasteiger partial charge in [0, 0.05) is 6.04 Å². The Morgan fingerprint density at radius 2 is 1.86 bits per heavy atom. The third-order valence-corrected chi connectivity index (χ3v) is 3.78. The van der Waals surface area contributed by atoms with E-state index in [1.165, 1.54) is 38.5 Å². The van der Waals surface area contributed by atoms with Gasteiger partial charge in [-0.05, 0) is 38.6 Å². The van der Waals surface area contributed by atoms with Crippen LogP contribution in [0.1, 0.15) is 45.4 Å². The monoisotopic (exact) mass is 197 g/mol. The molecule has 82 valence electrons. The van der Waals surface area contributed by atoms with Crippen LogP contribution in [-0.4, -0.2) is 25.3 Å². The van der Waals surface area contributed by atoms with Gasteiger partial charge in [-0.2, -0.15) is 0 Å². The Labute approximate surface area is 87.4 Å². The average Bonchev–Trinajstić information content (AvgIpc) is 2.10. The molecule has 2 rings (SSSR count). The minimum atomic E-state index is 0.558. The zero-order chi connectivity index (χ0) is 9.97. The summed E-state index contributed by atoms with van der Waals surface area (Å²) in [6.45, 7) is 2.35. The number of hydrogen-bond acceptors (Lipinski definition) is 2. The van der Waals surface area contributed by atoms with Crippen LogP contribution in [0.5, 0.6) is 0 Å². The third kappa shape index (κ3) is 2.48. The summed E-state index contributed by atoms with van der Waals surface area (Å²) >= 11 is 0. The van der Waals surface area contributed by atoms with Crippen LogP contribution < -0.4 is 5.32 Å². The minimum absolute atomic E-state index is 0.558. The highest BCUT2D eigenvalue weighted by atomic mass is 16.5. The Balaban J connectivity index is 1.66. The Hall–Kier alpha value is -0.0800. The van der Waals surface area contributed by atoms with Crippen LogP contribution in [0.3, 0.4) is 0 Å². The molecule has 2 nitrogen and oxygen atoms in total.